The van der Waals surface area contributed by atoms with E-state index in [9.17, 15) is 19.8 Å². The number of nitrogens with zero attached hydrogens (tertiary/aromatic N) is 3. The average molecular weight is 442 g/mol. The molecule has 1 aliphatic rings. The quantitative estimate of drug-likeness (QED) is 0.654. The largest absolute Gasteiger partial charge is 0.507 e. The van der Waals surface area contributed by atoms with E-state index < -0.39 is 11.8 Å². The molecule has 0 aromatic heterocycles. The van der Waals surface area contributed by atoms with Gasteiger partial charge in [0, 0.05) is 39.3 Å². The Balaban J connectivity index is 1.77. The Kier molecular flexibility index (Phi) is 7.25. The summed E-state index contributed by atoms with van der Waals surface area (Å²) in [7, 11) is 5.60. The molecule has 0 spiro atoms. The number of carbonyl (C=O) groups excluding carboxylic acids is 2. The topological polar surface area (TPSA) is 93.6 Å². The number of rotatable bonds is 8. The van der Waals surface area contributed by atoms with Gasteiger partial charge in [-0.25, -0.2) is 0 Å². The van der Waals surface area contributed by atoms with Crippen LogP contribution < -0.4 is 4.74 Å². The molecule has 0 fully saturated rings. The van der Waals surface area contributed by atoms with Gasteiger partial charge in [-0.1, -0.05) is 13.0 Å². The molecule has 2 amide bonds. The van der Waals surface area contributed by atoms with Crippen molar-refractivity contribution in [1.29, 1.82) is 0 Å². The monoisotopic (exact) mass is 441 g/mol. The second-order valence-electron chi connectivity index (χ2n) is 8.36. The fraction of sp³-hybridized carbons (Fsp3) is 0.417. The summed E-state index contributed by atoms with van der Waals surface area (Å²) in [5.41, 5.74) is 1.98. The van der Waals surface area contributed by atoms with Crippen molar-refractivity contribution in [2.75, 3.05) is 40.8 Å². The second-order valence-corrected chi connectivity index (χ2v) is 8.36. The molecule has 8 nitrogen and oxygen atoms in total. The van der Waals surface area contributed by atoms with Gasteiger partial charge in [-0.3, -0.25) is 9.59 Å². The fourth-order valence-corrected chi connectivity index (χ4v) is 3.68. The number of amides is 2. The van der Waals surface area contributed by atoms with E-state index in [0.717, 1.165) is 35.9 Å². The molecule has 0 radical (unpaired) electrons. The van der Waals surface area contributed by atoms with Crippen molar-refractivity contribution in [1.82, 2.24) is 14.7 Å². The molecular formula is C24H31N3O5. The molecular weight excluding hydrogens is 410 g/mol. The molecule has 2 aromatic rings. The van der Waals surface area contributed by atoms with Crippen LogP contribution in [0, 0.1) is 0 Å². The van der Waals surface area contributed by atoms with Crippen LogP contribution in [0.3, 0.4) is 0 Å². The van der Waals surface area contributed by atoms with E-state index >= 15 is 0 Å². The summed E-state index contributed by atoms with van der Waals surface area (Å²) in [6.45, 7) is 4.60. The van der Waals surface area contributed by atoms with Gasteiger partial charge in [0.2, 0.25) is 0 Å². The molecule has 32 heavy (non-hydrogen) atoms. The number of phenolic OH excluding ortho intramolecular Hbond substituents is 2. The molecule has 0 bridgehead atoms. The summed E-state index contributed by atoms with van der Waals surface area (Å²) in [4.78, 5) is 30.9. The molecule has 8 heteroatoms. The molecule has 0 saturated carbocycles. The van der Waals surface area contributed by atoms with E-state index in [4.69, 9.17) is 4.74 Å². The Morgan fingerprint density at radius 2 is 1.66 bits per heavy atom. The first-order valence-electron chi connectivity index (χ1n) is 10.7. The van der Waals surface area contributed by atoms with Gasteiger partial charge in [-0.05, 0) is 49.8 Å². The van der Waals surface area contributed by atoms with Crippen LogP contribution in [0.25, 0.3) is 0 Å². The molecule has 0 aliphatic carbocycles. The molecule has 3 rings (SSSR count). The lowest BCUT2D eigenvalue weighted by molar-refractivity contribution is 0.0748. The van der Waals surface area contributed by atoms with Crippen molar-refractivity contribution < 1.29 is 24.5 Å². The third-order valence-electron chi connectivity index (χ3n) is 5.48. The summed E-state index contributed by atoms with van der Waals surface area (Å²) in [6.07, 6.45) is 0.764. The third kappa shape index (κ3) is 5.13. The normalized spacial score (nSPS) is 12.7. The molecule has 0 unspecified atom stereocenters. The van der Waals surface area contributed by atoms with Crippen molar-refractivity contribution >= 4 is 11.8 Å². The van der Waals surface area contributed by atoms with E-state index in [2.05, 4.69) is 0 Å². The first-order chi connectivity index (χ1) is 15.2. The van der Waals surface area contributed by atoms with Crippen molar-refractivity contribution in [2.24, 2.45) is 0 Å². The summed E-state index contributed by atoms with van der Waals surface area (Å²) in [5, 5.41) is 20.5. The van der Waals surface area contributed by atoms with E-state index in [-0.39, 0.29) is 22.6 Å². The molecule has 2 N–H and O–H groups in total. The Morgan fingerprint density at radius 1 is 0.969 bits per heavy atom. The van der Waals surface area contributed by atoms with Crippen LogP contribution in [0.5, 0.6) is 17.2 Å². The van der Waals surface area contributed by atoms with Crippen molar-refractivity contribution in [3.63, 3.8) is 0 Å². The van der Waals surface area contributed by atoms with Crippen molar-refractivity contribution in [3.8, 4) is 17.2 Å². The van der Waals surface area contributed by atoms with Gasteiger partial charge < -0.3 is 29.6 Å². The van der Waals surface area contributed by atoms with Crippen LogP contribution >= 0.6 is 0 Å². The zero-order valence-electron chi connectivity index (χ0n) is 19.1. The third-order valence-corrected chi connectivity index (χ3v) is 5.48. The number of carbonyl (C=O) groups is 2. The summed E-state index contributed by atoms with van der Waals surface area (Å²) < 4.78 is 5.78. The Hall–Kier alpha value is -3.26. The van der Waals surface area contributed by atoms with E-state index in [1.165, 1.54) is 11.0 Å². The highest BCUT2D eigenvalue weighted by molar-refractivity contribution is 6.03. The van der Waals surface area contributed by atoms with Gasteiger partial charge in [0.05, 0.1) is 11.1 Å². The summed E-state index contributed by atoms with van der Waals surface area (Å²) in [5.74, 6) is -0.759. The highest BCUT2D eigenvalue weighted by Crippen LogP contribution is 2.33. The number of phenols is 2. The van der Waals surface area contributed by atoms with Gasteiger partial charge >= 0.3 is 0 Å². The van der Waals surface area contributed by atoms with Crippen molar-refractivity contribution in [3.05, 3.63) is 52.6 Å². The lowest BCUT2D eigenvalue weighted by Gasteiger charge is -2.20. The minimum atomic E-state index is -0.402. The maximum atomic E-state index is 13.2. The summed E-state index contributed by atoms with van der Waals surface area (Å²) >= 11 is 0. The number of fused-ring (bicyclic) bond motifs is 1. The Labute approximate surface area is 188 Å². The molecule has 0 atom stereocenters. The van der Waals surface area contributed by atoms with Crippen LogP contribution in [0.2, 0.25) is 0 Å². The maximum Gasteiger partial charge on any atom is 0.258 e. The van der Waals surface area contributed by atoms with E-state index in [1.807, 2.05) is 44.1 Å². The lowest BCUT2D eigenvalue weighted by Crippen LogP contribution is -2.29. The first-order valence-corrected chi connectivity index (χ1v) is 10.7. The SMILES string of the molecule is CCCN(C)C(=O)c1cc(C(=O)N2Cc3ccc(OCCN(C)C)cc3C2)c(O)cc1O. The van der Waals surface area contributed by atoms with Gasteiger partial charge in [0.15, 0.2) is 0 Å². The minimum absolute atomic E-state index is 0.00427. The predicted molar refractivity (Wildman–Crippen MR) is 121 cm³/mol. The second kappa shape index (κ2) is 9.91. The van der Waals surface area contributed by atoms with Crippen molar-refractivity contribution in [2.45, 2.75) is 26.4 Å². The van der Waals surface area contributed by atoms with Gasteiger partial charge in [0.25, 0.3) is 11.8 Å². The number of likely N-dealkylation sites (N-methyl/N-ethyl adjacent to an activating group) is 1. The molecule has 1 heterocycles. The molecule has 2 aromatic carbocycles. The van der Waals surface area contributed by atoms with Crippen LogP contribution in [0.15, 0.2) is 30.3 Å². The maximum absolute atomic E-state index is 13.2. The number of hydrogen-bond acceptors (Lipinski definition) is 6. The minimum Gasteiger partial charge on any atom is -0.507 e. The zero-order chi connectivity index (χ0) is 23.4. The molecule has 0 saturated heterocycles. The smallest absolute Gasteiger partial charge is 0.258 e. The highest BCUT2D eigenvalue weighted by atomic mass is 16.5. The van der Waals surface area contributed by atoms with Gasteiger partial charge in [0.1, 0.15) is 23.9 Å². The van der Waals surface area contributed by atoms with Gasteiger partial charge in [-0.2, -0.15) is 0 Å². The first kappa shape index (κ1) is 23.4. The van der Waals surface area contributed by atoms with Crippen LogP contribution in [0.1, 0.15) is 45.2 Å². The van der Waals surface area contributed by atoms with Crippen LogP contribution in [0.4, 0.5) is 0 Å². The number of aromatic hydroxyl groups is 2. The number of ether oxygens (including phenoxy) is 1. The van der Waals surface area contributed by atoms with E-state index in [1.54, 1.807) is 11.9 Å². The Morgan fingerprint density at radius 3 is 2.34 bits per heavy atom. The summed E-state index contributed by atoms with van der Waals surface area (Å²) in [6, 6.07) is 8.10. The fourth-order valence-electron chi connectivity index (χ4n) is 3.68. The van der Waals surface area contributed by atoms with E-state index in [0.29, 0.717) is 26.2 Å². The number of hydrogen-bond donors (Lipinski definition) is 2. The standard InChI is InChI=1S/C24H31N3O5/c1-5-8-26(4)23(30)19-12-20(22(29)13-21(19)28)24(31)27-14-16-6-7-18(11-17(16)15-27)32-10-9-25(2)3/h6-7,11-13,28-29H,5,8-10,14-15H2,1-4H3. The highest BCUT2D eigenvalue weighted by Gasteiger charge is 2.28. The van der Waals surface area contributed by atoms with Crippen LogP contribution in [-0.4, -0.2) is 77.6 Å². The molecule has 172 valence electrons. The average Bonchev–Trinajstić information content (AvgIpc) is 3.16. The zero-order valence-corrected chi connectivity index (χ0v) is 19.1. The molecule has 1 aliphatic heterocycles. The predicted octanol–water partition coefficient (Wildman–Crippen LogP) is 2.68. The Bertz CT molecular complexity index is 1010. The van der Waals surface area contributed by atoms with Gasteiger partial charge in [-0.15, -0.1) is 0 Å². The number of benzene rings is 2. The lowest BCUT2D eigenvalue weighted by atomic mass is 10.1. The van der Waals surface area contributed by atoms with Crippen LogP contribution in [-0.2, 0) is 13.1 Å².